The summed E-state index contributed by atoms with van der Waals surface area (Å²) in [7, 11) is 0. The first-order chi connectivity index (χ1) is 9.06. The first-order valence-corrected chi connectivity index (χ1v) is 5.91. The number of carbonyl (C=O) groups is 1. The zero-order valence-corrected chi connectivity index (χ0v) is 10.8. The lowest BCUT2D eigenvalue weighted by atomic mass is 10.2. The van der Waals surface area contributed by atoms with Gasteiger partial charge in [0.1, 0.15) is 6.61 Å². The zero-order valence-electron chi connectivity index (χ0n) is 10.8. The minimum absolute atomic E-state index is 0.163. The Hall–Kier alpha value is -2.37. The van der Waals surface area contributed by atoms with Crippen molar-refractivity contribution in [2.24, 2.45) is 0 Å². The smallest absolute Gasteiger partial charge is 0.337 e. The predicted molar refractivity (Wildman–Crippen MR) is 68.1 cm³/mol. The summed E-state index contributed by atoms with van der Waals surface area (Å²) in [5.41, 5.74) is 0.832. The number of carboxylic acids is 1. The Morgan fingerprint density at radius 1 is 1.42 bits per heavy atom. The highest BCUT2D eigenvalue weighted by Crippen LogP contribution is 2.13. The third-order valence-corrected chi connectivity index (χ3v) is 2.57. The third-order valence-electron chi connectivity index (χ3n) is 2.57. The minimum Gasteiger partial charge on any atom is -0.484 e. The lowest BCUT2D eigenvalue weighted by Gasteiger charge is -2.04. The van der Waals surface area contributed by atoms with Gasteiger partial charge < -0.3 is 9.84 Å². The molecule has 1 N–H and O–H groups in total. The second kappa shape index (κ2) is 5.51. The first kappa shape index (κ1) is 13.1. The highest BCUT2D eigenvalue weighted by molar-refractivity contribution is 5.87. The molecule has 6 nitrogen and oxygen atoms in total. The summed E-state index contributed by atoms with van der Waals surface area (Å²) in [5, 5.41) is 12.9. The van der Waals surface area contributed by atoms with Crippen molar-refractivity contribution in [1.82, 2.24) is 14.8 Å². The number of nitrogens with zero attached hydrogens (tertiary/aromatic N) is 3. The number of rotatable bonds is 5. The van der Waals surface area contributed by atoms with Crippen molar-refractivity contribution in [1.29, 1.82) is 0 Å². The molecular weight excluding hydrogens is 246 g/mol. The standard InChI is InChI=1S/C13H15N3O3/c1-9(2)16-7-12(6-15-16)19-8-11-4-3-10(5-14-11)13(17)18/h3-7,9H,8H2,1-2H3,(H,17,18). The van der Waals surface area contributed by atoms with Crippen molar-refractivity contribution in [3.05, 3.63) is 42.0 Å². The summed E-state index contributed by atoms with van der Waals surface area (Å²) in [4.78, 5) is 14.7. The molecule has 0 radical (unpaired) electrons. The fraction of sp³-hybridized carbons (Fsp3) is 0.308. The van der Waals surface area contributed by atoms with Gasteiger partial charge in [-0.2, -0.15) is 5.10 Å². The fourth-order valence-electron chi connectivity index (χ4n) is 1.47. The number of hydrogen-bond acceptors (Lipinski definition) is 4. The van der Waals surface area contributed by atoms with Crippen LogP contribution in [-0.2, 0) is 6.61 Å². The molecular formula is C13H15N3O3. The van der Waals surface area contributed by atoms with Gasteiger partial charge >= 0.3 is 5.97 Å². The highest BCUT2D eigenvalue weighted by atomic mass is 16.5. The Bertz CT molecular complexity index is 561. The van der Waals surface area contributed by atoms with Gasteiger partial charge in [0.05, 0.1) is 23.7 Å². The number of aromatic carboxylic acids is 1. The van der Waals surface area contributed by atoms with E-state index in [0.29, 0.717) is 11.4 Å². The van der Waals surface area contributed by atoms with Gasteiger partial charge in [-0.3, -0.25) is 9.67 Å². The molecule has 0 unspecified atom stereocenters. The van der Waals surface area contributed by atoms with Crippen molar-refractivity contribution in [3.8, 4) is 5.75 Å². The average Bonchev–Trinajstić information content (AvgIpc) is 2.86. The number of pyridine rings is 1. The molecule has 0 saturated heterocycles. The van der Waals surface area contributed by atoms with Crippen LogP contribution in [0.4, 0.5) is 0 Å². The van der Waals surface area contributed by atoms with Gasteiger partial charge in [-0.05, 0) is 26.0 Å². The maximum atomic E-state index is 10.7. The largest absolute Gasteiger partial charge is 0.484 e. The molecule has 0 aliphatic rings. The van der Waals surface area contributed by atoms with Crippen molar-refractivity contribution in [2.45, 2.75) is 26.5 Å². The second-order valence-corrected chi connectivity index (χ2v) is 4.38. The molecule has 0 aliphatic heterocycles. The molecule has 0 saturated carbocycles. The summed E-state index contributed by atoms with van der Waals surface area (Å²) in [6.45, 7) is 4.34. The molecule has 100 valence electrons. The molecule has 0 bridgehead atoms. The van der Waals surface area contributed by atoms with E-state index in [0.717, 1.165) is 0 Å². The third kappa shape index (κ3) is 3.31. The van der Waals surface area contributed by atoms with Crippen molar-refractivity contribution >= 4 is 5.97 Å². The predicted octanol–water partition coefficient (Wildman–Crippen LogP) is 2.14. The molecule has 0 atom stereocenters. The molecule has 0 aliphatic carbocycles. The van der Waals surface area contributed by atoms with E-state index in [9.17, 15) is 4.79 Å². The van der Waals surface area contributed by atoms with Crippen LogP contribution >= 0.6 is 0 Å². The molecule has 19 heavy (non-hydrogen) atoms. The van der Waals surface area contributed by atoms with E-state index in [2.05, 4.69) is 10.1 Å². The van der Waals surface area contributed by atoms with Crippen LogP contribution in [0.1, 0.15) is 35.9 Å². The van der Waals surface area contributed by atoms with Crippen LogP contribution in [0.2, 0.25) is 0 Å². The molecule has 0 fully saturated rings. The molecule has 6 heteroatoms. The highest BCUT2D eigenvalue weighted by Gasteiger charge is 2.05. The van der Waals surface area contributed by atoms with Gasteiger partial charge in [0.25, 0.3) is 0 Å². The zero-order chi connectivity index (χ0) is 13.8. The van der Waals surface area contributed by atoms with E-state index < -0.39 is 5.97 Å². The molecule has 2 heterocycles. The van der Waals surface area contributed by atoms with Gasteiger partial charge in [0.15, 0.2) is 5.75 Å². The van der Waals surface area contributed by atoms with E-state index >= 15 is 0 Å². The van der Waals surface area contributed by atoms with E-state index in [1.165, 1.54) is 12.3 Å². The van der Waals surface area contributed by atoms with Crippen molar-refractivity contribution < 1.29 is 14.6 Å². The summed E-state index contributed by atoms with van der Waals surface area (Å²) >= 11 is 0. The Balaban J connectivity index is 1.96. The Labute approximate surface area is 110 Å². The lowest BCUT2D eigenvalue weighted by molar-refractivity contribution is 0.0696. The molecule has 2 aromatic heterocycles. The van der Waals surface area contributed by atoms with Crippen LogP contribution in [0.15, 0.2) is 30.7 Å². The number of ether oxygens (including phenoxy) is 1. The average molecular weight is 261 g/mol. The Kier molecular flexibility index (Phi) is 3.79. The summed E-state index contributed by atoms with van der Waals surface area (Å²) in [6.07, 6.45) is 4.78. The van der Waals surface area contributed by atoms with Gasteiger partial charge in [-0.1, -0.05) is 0 Å². The van der Waals surface area contributed by atoms with Crippen LogP contribution in [0.25, 0.3) is 0 Å². The minimum atomic E-state index is -0.988. The van der Waals surface area contributed by atoms with Gasteiger partial charge in [0, 0.05) is 12.2 Å². The first-order valence-electron chi connectivity index (χ1n) is 5.91. The SMILES string of the molecule is CC(C)n1cc(OCc2ccc(C(=O)O)cn2)cn1. The Morgan fingerprint density at radius 2 is 2.21 bits per heavy atom. The monoisotopic (exact) mass is 261 g/mol. The summed E-state index contributed by atoms with van der Waals surface area (Å²) < 4.78 is 7.33. The molecule has 2 rings (SSSR count). The van der Waals surface area contributed by atoms with Crippen LogP contribution < -0.4 is 4.74 Å². The number of carboxylic acid groups (broad SMARTS) is 1. The van der Waals surface area contributed by atoms with Gasteiger partial charge in [0.2, 0.25) is 0 Å². The number of aromatic nitrogens is 3. The maximum Gasteiger partial charge on any atom is 0.337 e. The molecule has 0 amide bonds. The van der Waals surface area contributed by atoms with E-state index in [1.54, 1.807) is 16.9 Å². The van der Waals surface area contributed by atoms with E-state index in [1.807, 2.05) is 20.0 Å². The summed E-state index contributed by atoms with van der Waals surface area (Å²) in [6, 6.07) is 3.42. The topological polar surface area (TPSA) is 77.2 Å². The van der Waals surface area contributed by atoms with E-state index in [4.69, 9.17) is 9.84 Å². The maximum absolute atomic E-state index is 10.7. The van der Waals surface area contributed by atoms with Crippen molar-refractivity contribution in [3.63, 3.8) is 0 Å². The van der Waals surface area contributed by atoms with Gasteiger partial charge in [-0.25, -0.2) is 4.79 Å². The van der Waals surface area contributed by atoms with Crippen molar-refractivity contribution in [2.75, 3.05) is 0 Å². The Morgan fingerprint density at radius 3 is 2.74 bits per heavy atom. The molecule has 2 aromatic rings. The second-order valence-electron chi connectivity index (χ2n) is 4.38. The van der Waals surface area contributed by atoms with Crippen LogP contribution in [0.5, 0.6) is 5.75 Å². The molecule has 0 aromatic carbocycles. The fourth-order valence-corrected chi connectivity index (χ4v) is 1.47. The van der Waals surface area contributed by atoms with Crippen LogP contribution in [0.3, 0.4) is 0 Å². The quantitative estimate of drug-likeness (QED) is 0.892. The van der Waals surface area contributed by atoms with Crippen LogP contribution in [0, 0.1) is 0 Å². The van der Waals surface area contributed by atoms with E-state index in [-0.39, 0.29) is 18.2 Å². The molecule has 0 spiro atoms. The number of hydrogen-bond donors (Lipinski definition) is 1. The normalized spacial score (nSPS) is 10.7. The van der Waals surface area contributed by atoms with Crippen LogP contribution in [-0.4, -0.2) is 25.8 Å². The lowest BCUT2D eigenvalue weighted by Crippen LogP contribution is -2.02. The summed E-state index contributed by atoms with van der Waals surface area (Å²) in [5.74, 6) is -0.323. The van der Waals surface area contributed by atoms with Gasteiger partial charge in [-0.15, -0.1) is 0 Å².